The molecule has 0 aliphatic heterocycles. The van der Waals surface area contributed by atoms with E-state index in [-0.39, 0.29) is 11.7 Å². The molecule has 1 atom stereocenters. The van der Waals surface area contributed by atoms with Crippen LogP contribution in [0, 0.1) is 0 Å². The first-order valence-corrected chi connectivity index (χ1v) is 8.42. The molecule has 1 aromatic carbocycles. The molecule has 0 amide bonds. The fraction of sp³-hybridized carbons (Fsp3) is 0.294. The zero-order valence-electron chi connectivity index (χ0n) is 13.2. The molecule has 0 aliphatic rings. The summed E-state index contributed by atoms with van der Waals surface area (Å²) in [6, 6.07) is 7.60. The minimum Gasteiger partial charge on any atom is -0.485 e. The van der Waals surface area contributed by atoms with E-state index in [0.29, 0.717) is 16.7 Å². The van der Waals surface area contributed by atoms with E-state index >= 15 is 0 Å². The summed E-state index contributed by atoms with van der Waals surface area (Å²) < 4.78 is 7.70. The van der Waals surface area contributed by atoms with E-state index in [4.69, 9.17) is 4.74 Å². The average molecular weight is 329 g/mol. The molecule has 1 N–H and O–H groups in total. The third-order valence-electron chi connectivity index (χ3n) is 3.75. The summed E-state index contributed by atoms with van der Waals surface area (Å²) in [4.78, 5) is 16.8. The molecule has 5 nitrogen and oxygen atoms in total. The Bertz CT molecular complexity index is 843. The molecule has 0 aliphatic carbocycles. The summed E-state index contributed by atoms with van der Waals surface area (Å²) >= 11 is 1.64. The van der Waals surface area contributed by atoms with Crippen LogP contribution >= 0.6 is 11.3 Å². The van der Waals surface area contributed by atoms with Gasteiger partial charge in [-0.05, 0) is 42.6 Å². The second-order valence-corrected chi connectivity index (χ2v) is 6.15. The van der Waals surface area contributed by atoms with Gasteiger partial charge in [-0.25, -0.2) is 4.98 Å². The van der Waals surface area contributed by atoms with E-state index in [1.807, 2.05) is 30.6 Å². The van der Waals surface area contributed by atoms with Crippen molar-refractivity contribution in [1.29, 1.82) is 0 Å². The van der Waals surface area contributed by atoms with Crippen LogP contribution in [0.4, 0.5) is 0 Å². The molecule has 0 saturated carbocycles. The summed E-state index contributed by atoms with van der Waals surface area (Å²) in [6.45, 7) is 0.835. The van der Waals surface area contributed by atoms with Gasteiger partial charge in [0.05, 0.1) is 11.8 Å². The molecular weight excluding hydrogens is 310 g/mol. The first-order valence-electron chi connectivity index (χ1n) is 7.48. The summed E-state index contributed by atoms with van der Waals surface area (Å²) in [6.07, 6.45) is 2.26. The topological polar surface area (TPSA) is 56.1 Å². The molecule has 120 valence electrons. The lowest BCUT2D eigenvalue weighted by Crippen LogP contribution is -2.19. The molecule has 6 heteroatoms. The third kappa shape index (κ3) is 3.28. The van der Waals surface area contributed by atoms with Gasteiger partial charge >= 0.3 is 0 Å². The van der Waals surface area contributed by atoms with Crippen molar-refractivity contribution in [3.8, 4) is 5.75 Å². The monoisotopic (exact) mass is 329 g/mol. The highest BCUT2D eigenvalue weighted by atomic mass is 32.1. The summed E-state index contributed by atoms with van der Waals surface area (Å²) in [5.41, 5.74) is 1.69. The zero-order valence-corrected chi connectivity index (χ0v) is 14.0. The number of nitrogens with zero attached hydrogens (tertiary/aromatic N) is 2. The molecule has 23 heavy (non-hydrogen) atoms. The maximum atomic E-state index is 12.5. The summed E-state index contributed by atoms with van der Waals surface area (Å²) in [7, 11) is 3.62. The SMILES string of the molecule is CNCC[C@@H](Oc1cccc2ncn(C)c(=O)c12)c1ccsc1. The lowest BCUT2D eigenvalue weighted by molar-refractivity contribution is 0.198. The van der Waals surface area contributed by atoms with E-state index in [9.17, 15) is 4.79 Å². The zero-order chi connectivity index (χ0) is 16.2. The van der Waals surface area contributed by atoms with E-state index < -0.39 is 0 Å². The molecule has 3 rings (SSSR count). The molecular formula is C17H19N3O2S. The van der Waals surface area contributed by atoms with Crippen LogP contribution in [0.1, 0.15) is 18.1 Å². The van der Waals surface area contributed by atoms with Crippen LogP contribution in [0.3, 0.4) is 0 Å². The summed E-state index contributed by atoms with van der Waals surface area (Å²) in [5.74, 6) is 0.587. The highest BCUT2D eigenvalue weighted by Gasteiger charge is 2.17. The van der Waals surface area contributed by atoms with Crippen LogP contribution in [0.5, 0.6) is 5.75 Å². The van der Waals surface area contributed by atoms with Crippen LogP contribution in [0.25, 0.3) is 10.9 Å². The molecule has 2 heterocycles. The standard InChI is InChI=1S/C17H19N3O2S/c1-18-8-6-14(12-7-9-23-10-12)22-15-5-3-4-13-16(15)17(21)20(2)11-19-13/h3-5,7,9-11,14,18H,6,8H2,1-2H3/t14-/m1/s1. The molecule has 0 fully saturated rings. The maximum Gasteiger partial charge on any atom is 0.264 e. The number of hydrogen-bond donors (Lipinski definition) is 1. The molecule has 0 unspecified atom stereocenters. The lowest BCUT2D eigenvalue weighted by atomic mass is 10.1. The first kappa shape index (κ1) is 15.7. The Morgan fingerprint density at radius 2 is 2.26 bits per heavy atom. The smallest absolute Gasteiger partial charge is 0.264 e. The minimum atomic E-state index is -0.0942. The van der Waals surface area contributed by atoms with E-state index in [2.05, 4.69) is 21.7 Å². The normalized spacial score (nSPS) is 12.4. The van der Waals surface area contributed by atoms with Crippen molar-refractivity contribution in [3.63, 3.8) is 0 Å². The second kappa shape index (κ2) is 6.93. The molecule has 0 radical (unpaired) electrons. The second-order valence-electron chi connectivity index (χ2n) is 5.37. The maximum absolute atomic E-state index is 12.5. The number of hydrogen-bond acceptors (Lipinski definition) is 5. The van der Waals surface area contributed by atoms with Gasteiger partial charge in [-0.1, -0.05) is 6.07 Å². The van der Waals surface area contributed by atoms with Gasteiger partial charge in [0.15, 0.2) is 0 Å². The Balaban J connectivity index is 2.02. The van der Waals surface area contributed by atoms with Gasteiger partial charge in [0.1, 0.15) is 17.2 Å². The number of rotatable bonds is 6. The van der Waals surface area contributed by atoms with Crippen molar-refractivity contribution in [3.05, 3.63) is 57.3 Å². The van der Waals surface area contributed by atoms with Gasteiger partial charge < -0.3 is 14.6 Å². The fourth-order valence-corrected chi connectivity index (χ4v) is 3.20. The van der Waals surface area contributed by atoms with Crippen molar-refractivity contribution < 1.29 is 4.74 Å². The van der Waals surface area contributed by atoms with Gasteiger partial charge in [0.2, 0.25) is 0 Å². The molecule has 0 bridgehead atoms. The number of aryl methyl sites for hydroxylation is 1. The number of benzene rings is 1. The van der Waals surface area contributed by atoms with E-state index in [1.54, 1.807) is 18.4 Å². The largest absolute Gasteiger partial charge is 0.485 e. The minimum absolute atomic E-state index is 0.0933. The summed E-state index contributed by atoms with van der Waals surface area (Å²) in [5, 5.41) is 7.80. The van der Waals surface area contributed by atoms with Crippen molar-refractivity contribution in [1.82, 2.24) is 14.9 Å². The van der Waals surface area contributed by atoms with Crippen LogP contribution in [-0.2, 0) is 7.05 Å². The van der Waals surface area contributed by atoms with Crippen molar-refractivity contribution >= 4 is 22.2 Å². The Morgan fingerprint density at radius 3 is 3.00 bits per heavy atom. The Labute approximate surface area is 138 Å². The fourth-order valence-electron chi connectivity index (χ4n) is 2.50. The molecule has 0 saturated heterocycles. The predicted octanol–water partition coefficient (Wildman–Crippen LogP) is 2.72. The van der Waals surface area contributed by atoms with Crippen LogP contribution < -0.4 is 15.6 Å². The number of fused-ring (bicyclic) bond motifs is 1. The molecule has 3 aromatic rings. The Kier molecular flexibility index (Phi) is 4.73. The van der Waals surface area contributed by atoms with Gasteiger partial charge in [-0.2, -0.15) is 11.3 Å². The Morgan fingerprint density at radius 1 is 1.39 bits per heavy atom. The lowest BCUT2D eigenvalue weighted by Gasteiger charge is -2.19. The van der Waals surface area contributed by atoms with Crippen LogP contribution in [0.15, 0.2) is 46.1 Å². The quantitative estimate of drug-likeness (QED) is 0.755. The number of aromatic nitrogens is 2. The Hall–Kier alpha value is -2.18. The van der Waals surface area contributed by atoms with Crippen molar-refractivity contribution in [2.75, 3.05) is 13.6 Å². The van der Waals surface area contributed by atoms with E-state index in [1.165, 1.54) is 10.9 Å². The van der Waals surface area contributed by atoms with Gasteiger partial charge in [-0.3, -0.25) is 4.79 Å². The third-order valence-corrected chi connectivity index (χ3v) is 4.45. The first-order chi connectivity index (χ1) is 11.2. The van der Waals surface area contributed by atoms with Crippen LogP contribution in [0.2, 0.25) is 0 Å². The van der Waals surface area contributed by atoms with Crippen molar-refractivity contribution in [2.45, 2.75) is 12.5 Å². The van der Waals surface area contributed by atoms with Gasteiger partial charge in [-0.15, -0.1) is 0 Å². The predicted molar refractivity (Wildman–Crippen MR) is 93.2 cm³/mol. The van der Waals surface area contributed by atoms with E-state index in [0.717, 1.165) is 18.5 Å². The number of nitrogens with one attached hydrogen (secondary N) is 1. The van der Waals surface area contributed by atoms with Crippen molar-refractivity contribution in [2.24, 2.45) is 7.05 Å². The van der Waals surface area contributed by atoms with Crippen LogP contribution in [-0.4, -0.2) is 23.1 Å². The molecule has 0 spiro atoms. The van der Waals surface area contributed by atoms with Gasteiger partial charge in [0, 0.05) is 19.0 Å². The number of ether oxygens (including phenoxy) is 1. The average Bonchev–Trinajstić information content (AvgIpc) is 3.09. The molecule has 2 aromatic heterocycles. The highest BCUT2D eigenvalue weighted by Crippen LogP contribution is 2.29. The number of thiophene rings is 1. The van der Waals surface area contributed by atoms with Gasteiger partial charge in [0.25, 0.3) is 5.56 Å². The highest BCUT2D eigenvalue weighted by molar-refractivity contribution is 7.07.